The van der Waals surface area contributed by atoms with Gasteiger partial charge in [0.25, 0.3) is 0 Å². The summed E-state index contributed by atoms with van der Waals surface area (Å²) in [6, 6.07) is 0.354. The summed E-state index contributed by atoms with van der Waals surface area (Å²) in [5, 5.41) is 0. The Balaban J connectivity index is 0.00000324. The third-order valence-electron chi connectivity index (χ3n) is 3.54. The molecule has 0 saturated carbocycles. The molecule has 19 heavy (non-hydrogen) atoms. The van der Waals surface area contributed by atoms with Crippen LogP contribution in [0.3, 0.4) is 0 Å². The summed E-state index contributed by atoms with van der Waals surface area (Å²) in [6.45, 7) is 7.36. The molecule has 3 nitrogen and oxygen atoms in total. The van der Waals surface area contributed by atoms with Crippen LogP contribution in [0.1, 0.15) is 46.5 Å². The average Bonchev–Trinajstić information content (AvgIpc) is 2.34. The van der Waals surface area contributed by atoms with E-state index in [2.05, 4.69) is 13.8 Å². The predicted octanol–water partition coefficient (Wildman–Crippen LogP) is 2.92. The van der Waals surface area contributed by atoms with Crippen molar-refractivity contribution in [3.8, 4) is 0 Å². The molecule has 1 aliphatic heterocycles. The van der Waals surface area contributed by atoms with Gasteiger partial charge in [0, 0.05) is 18.6 Å². The zero-order valence-corrected chi connectivity index (χ0v) is 14.1. The van der Waals surface area contributed by atoms with Crippen molar-refractivity contribution in [3.63, 3.8) is 0 Å². The average molecular weight is 309 g/mol. The van der Waals surface area contributed by atoms with Gasteiger partial charge < -0.3 is 10.6 Å². The molecular weight excluding hydrogens is 280 g/mol. The van der Waals surface area contributed by atoms with Gasteiger partial charge in [-0.25, -0.2) is 0 Å². The van der Waals surface area contributed by atoms with Crippen molar-refractivity contribution in [1.29, 1.82) is 0 Å². The summed E-state index contributed by atoms with van der Waals surface area (Å²) in [6.07, 6.45) is 4.59. The molecule has 0 aromatic heterocycles. The maximum Gasteiger partial charge on any atom is 0.232 e. The van der Waals surface area contributed by atoms with E-state index < -0.39 is 0 Å². The van der Waals surface area contributed by atoms with Gasteiger partial charge >= 0.3 is 0 Å². The Morgan fingerprint density at radius 3 is 2.63 bits per heavy atom. The van der Waals surface area contributed by atoms with Crippen LogP contribution < -0.4 is 5.73 Å². The molecule has 1 saturated heterocycles. The number of piperidine rings is 1. The number of halogens is 1. The topological polar surface area (TPSA) is 46.3 Å². The summed E-state index contributed by atoms with van der Waals surface area (Å²) in [5.41, 5.74) is 5.99. The number of hydrogen-bond acceptors (Lipinski definition) is 3. The minimum atomic E-state index is 0. The molecule has 114 valence electrons. The van der Waals surface area contributed by atoms with Crippen molar-refractivity contribution in [1.82, 2.24) is 4.90 Å². The SMILES string of the molecule is CC(C)CCSCC(=O)N1CCCCC1C(C)N.Cl. The van der Waals surface area contributed by atoms with Gasteiger partial charge in [-0.15, -0.1) is 12.4 Å². The molecule has 0 bridgehead atoms. The van der Waals surface area contributed by atoms with Crippen LogP contribution in [0.2, 0.25) is 0 Å². The van der Waals surface area contributed by atoms with E-state index in [4.69, 9.17) is 5.73 Å². The molecule has 0 aromatic carbocycles. The summed E-state index contributed by atoms with van der Waals surface area (Å²) >= 11 is 1.77. The molecule has 1 fully saturated rings. The second-order valence-corrected chi connectivity index (χ2v) is 6.85. The van der Waals surface area contributed by atoms with E-state index in [0.717, 1.165) is 31.1 Å². The van der Waals surface area contributed by atoms with Crippen molar-refractivity contribution >= 4 is 30.1 Å². The number of likely N-dealkylation sites (tertiary alicyclic amines) is 1. The Labute approximate surface area is 128 Å². The van der Waals surface area contributed by atoms with Crippen LogP contribution in [-0.2, 0) is 4.79 Å². The normalized spacial score (nSPS) is 21.1. The quantitative estimate of drug-likeness (QED) is 0.767. The van der Waals surface area contributed by atoms with Crippen molar-refractivity contribution < 1.29 is 4.79 Å². The molecule has 0 radical (unpaired) electrons. The first-order chi connectivity index (χ1) is 8.52. The highest BCUT2D eigenvalue weighted by atomic mass is 35.5. The van der Waals surface area contributed by atoms with E-state index in [9.17, 15) is 4.79 Å². The fourth-order valence-corrected chi connectivity index (χ4v) is 3.50. The lowest BCUT2D eigenvalue weighted by atomic mass is 9.97. The van der Waals surface area contributed by atoms with Gasteiger partial charge in [0.2, 0.25) is 5.91 Å². The molecule has 1 aliphatic rings. The van der Waals surface area contributed by atoms with E-state index in [0.29, 0.717) is 5.75 Å². The van der Waals surface area contributed by atoms with Gasteiger partial charge in [-0.05, 0) is 44.3 Å². The molecule has 0 spiro atoms. The minimum absolute atomic E-state index is 0. The van der Waals surface area contributed by atoms with Crippen molar-refractivity contribution in [2.45, 2.75) is 58.5 Å². The number of hydrogen-bond donors (Lipinski definition) is 1. The van der Waals surface area contributed by atoms with E-state index in [1.54, 1.807) is 11.8 Å². The highest BCUT2D eigenvalue weighted by Gasteiger charge is 2.28. The van der Waals surface area contributed by atoms with Crippen molar-refractivity contribution in [3.05, 3.63) is 0 Å². The first kappa shape index (κ1) is 19.1. The molecule has 2 atom stereocenters. The highest BCUT2D eigenvalue weighted by molar-refractivity contribution is 7.99. The maximum atomic E-state index is 12.2. The summed E-state index contributed by atoms with van der Waals surface area (Å²) in [5.74, 6) is 2.71. The van der Waals surface area contributed by atoms with Crippen LogP contribution in [0, 0.1) is 5.92 Å². The number of amides is 1. The third-order valence-corrected chi connectivity index (χ3v) is 4.52. The Morgan fingerprint density at radius 2 is 2.05 bits per heavy atom. The number of nitrogens with zero attached hydrogens (tertiary/aromatic N) is 1. The lowest BCUT2D eigenvalue weighted by molar-refractivity contribution is -0.132. The van der Waals surface area contributed by atoms with Gasteiger partial charge in [-0.1, -0.05) is 13.8 Å². The van der Waals surface area contributed by atoms with E-state index in [-0.39, 0.29) is 30.4 Å². The molecule has 1 amide bonds. The molecule has 1 heterocycles. The van der Waals surface area contributed by atoms with Gasteiger partial charge in [0.15, 0.2) is 0 Å². The monoisotopic (exact) mass is 308 g/mol. The number of carbonyl (C=O) groups is 1. The Hall–Kier alpha value is 0.0700. The highest BCUT2D eigenvalue weighted by Crippen LogP contribution is 2.20. The van der Waals surface area contributed by atoms with Crippen LogP contribution >= 0.6 is 24.2 Å². The molecular formula is C14H29ClN2OS. The number of thioether (sulfide) groups is 1. The lowest BCUT2D eigenvalue weighted by Gasteiger charge is -2.38. The van der Waals surface area contributed by atoms with Gasteiger partial charge in [-0.3, -0.25) is 4.79 Å². The van der Waals surface area contributed by atoms with Gasteiger partial charge in [0.1, 0.15) is 0 Å². The summed E-state index contributed by atoms with van der Waals surface area (Å²) in [4.78, 5) is 14.2. The molecule has 2 N–H and O–H groups in total. The summed E-state index contributed by atoms with van der Waals surface area (Å²) < 4.78 is 0. The molecule has 0 aliphatic carbocycles. The van der Waals surface area contributed by atoms with E-state index >= 15 is 0 Å². The number of rotatable bonds is 6. The molecule has 2 unspecified atom stereocenters. The fraction of sp³-hybridized carbons (Fsp3) is 0.929. The summed E-state index contributed by atoms with van der Waals surface area (Å²) in [7, 11) is 0. The predicted molar refractivity (Wildman–Crippen MR) is 87.0 cm³/mol. The van der Waals surface area contributed by atoms with Gasteiger partial charge in [-0.2, -0.15) is 11.8 Å². The van der Waals surface area contributed by atoms with Gasteiger partial charge in [0.05, 0.1) is 5.75 Å². The zero-order chi connectivity index (χ0) is 13.5. The standard InChI is InChI=1S/C14H28N2OS.ClH/c1-11(2)7-9-18-10-14(17)16-8-5-4-6-13(16)12(3)15;/h11-13H,4-10,15H2,1-3H3;1H. The minimum Gasteiger partial charge on any atom is -0.337 e. The maximum absolute atomic E-state index is 12.2. The first-order valence-corrected chi connectivity index (χ1v) is 8.30. The fourth-order valence-electron chi connectivity index (χ4n) is 2.38. The third kappa shape index (κ3) is 6.87. The number of nitrogens with two attached hydrogens (primary N) is 1. The van der Waals surface area contributed by atoms with Crippen LogP contribution in [0.5, 0.6) is 0 Å². The number of carbonyl (C=O) groups excluding carboxylic acids is 1. The zero-order valence-electron chi connectivity index (χ0n) is 12.4. The second kappa shape index (κ2) is 9.89. The van der Waals surface area contributed by atoms with Crippen molar-refractivity contribution in [2.75, 3.05) is 18.1 Å². The van der Waals surface area contributed by atoms with Crippen LogP contribution in [-0.4, -0.2) is 40.9 Å². The molecule has 5 heteroatoms. The van der Waals surface area contributed by atoms with Crippen LogP contribution in [0.15, 0.2) is 0 Å². The molecule has 1 rings (SSSR count). The Kier molecular flexibility index (Phi) is 9.93. The largest absolute Gasteiger partial charge is 0.337 e. The van der Waals surface area contributed by atoms with Crippen LogP contribution in [0.4, 0.5) is 0 Å². The second-order valence-electron chi connectivity index (χ2n) is 5.74. The Morgan fingerprint density at radius 1 is 1.37 bits per heavy atom. The van der Waals surface area contributed by atoms with E-state index in [1.807, 2.05) is 11.8 Å². The smallest absolute Gasteiger partial charge is 0.232 e. The Bertz CT molecular complexity index is 262. The van der Waals surface area contributed by atoms with E-state index in [1.165, 1.54) is 12.8 Å². The first-order valence-electron chi connectivity index (χ1n) is 7.15. The lowest BCUT2D eigenvalue weighted by Crippen LogP contribution is -2.52. The van der Waals surface area contributed by atoms with Crippen molar-refractivity contribution in [2.24, 2.45) is 11.7 Å². The van der Waals surface area contributed by atoms with Crippen LogP contribution in [0.25, 0.3) is 0 Å². The molecule has 0 aromatic rings.